The first-order valence-electron chi connectivity index (χ1n) is 6.95. The molecule has 0 aliphatic carbocycles. The summed E-state index contributed by atoms with van der Waals surface area (Å²) in [7, 11) is 1.47. The number of carbonyl (C=O) groups is 2. The Labute approximate surface area is 125 Å². The quantitative estimate of drug-likeness (QED) is 0.798. The molecular weight excluding hydrogens is 270 g/mol. The molecule has 0 saturated carbocycles. The van der Waals surface area contributed by atoms with Crippen LogP contribution >= 0.6 is 0 Å². The zero-order valence-corrected chi connectivity index (χ0v) is 12.8. The number of likely N-dealkylation sites (N-methyl/N-ethyl adjacent to an activating group) is 1. The third-order valence-electron chi connectivity index (χ3n) is 3.06. The van der Waals surface area contributed by atoms with Crippen molar-refractivity contribution in [2.45, 2.75) is 32.9 Å². The summed E-state index contributed by atoms with van der Waals surface area (Å²) in [5, 5.41) is 2.74. The van der Waals surface area contributed by atoms with Crippen LogP contribution in [-0.2, 0) is 11.3 Å². The first kappa shape index (κ1) is 16.8. The number of benzene rings is 1. The fourth-order valence-corrected chi connectivity index (χ4v) is 1.59. The van der Waals surface area contributed by atoms with Crippen LogP contribution in [0.1, 0.15) is 25.8 Å². The van der Waals surface area contributed by atoms with E-state index in [4.69, 9.17) is 10.5 Å². The van der Waals surface area contributed by atoms with Gasteiger partial charge in [-0.05, 0) is 31.0 Å². The van der Waals surface area contributed by atoms with Crippen LogP contribution in [0.5, 0.6) is 5.75 Å². The number of nitrogens with zero attached hydrogens (tertiary/aromatic N) is 1. The van der Waals surface area contributed by atoms with E-state index in [0.29, 0.717) is 6.54 Å². The number of rotatable bonds is 7. The standard InChI is InChI=1S/C15H23N3O3/c1-4-11(2)21-13-7-5-6-12(8-13)9-17-14(19)10-18(3)15(16)20/h5-8,11H,4,9-10H2,1-3H3,(H2,16,20)(H,17,19). The van der Waals surface area contributed by atoms with E-state index in [2.05, 4.69) is 12.2 Å². The van der Waals surface area contributed by atoms with Crippen molar-refractivity contribution < 1.29 is 14.3 Å². The monoisotopic (exact) mass is 293 g/mol. The Hall–Kier alpha value is -2.24. The molecule has 0 radical (unpaired) electrons. The van der Waals surface area contributed by atoms with Gasteiger partial charge in [0.1, 0.15) is 12.3 Å². The van der Waals surface area contributed by atoms with Gasteiger partial charge in [0.2, 0.25) is 5.91 Å². The minimum atomic E-state index is -0.630. The maximum Gasteiger partial charge on any atom is 0.314 e. The SMILES string of the molecule is CCC(C)Oc1cccc(CNC(=O)CN(C)C(N)=O)c1. The molecule has 0 aliphatic rings. The summed E-state index contributed by atoms with van der Waals surface area (Å²) < 4.78 is 5.72. The second-order valence-electron chi connectivity index (χ2n) is 4.96. The van der Waals surface area contributed by atoms with Gasteiger partial charge in [-0.1, -0.05) is 19.1 Å². The van der Waals surface area contributed by atoms with Crippen LogP contribution in [0.3, 0.4) is 0 Å². The highest BCUT2D eigenvalue weighted by Crippen LogP contribution is 2.15. The first-order chi connectivity index (χ1) is 9.92. The average molecular weight is 293 g/mol. The van der Waals surface area contributed by atoms with Gasteiger partial charge in [0.15, 0.2) is 0 Å². The van der Waals surface area contributed by atoms with E-state index in [-0.39, 0.29) is 18.6 Å². The molecular formula is C15H23N3O3. The van der Waals surface area contributed by atoms with Crippen molar-refractivity contribution in [1.82, 2.24) is 10.2 Å². The van der Waals surface area contributed by atoms with Crippen LogP contribution in [0.4, 0.5) is 4.79 Å². The maximum absolute atomic E-state index is 11.6. The highest BCUT2D eigenvalue weighted by atomic mass is 16.5. The minimum Gasteiger partial charge on any atom is -0.491 e. The minimum absolute atomic E-state index is 0.0571. The molecule has 0 aliphatic heterocycles. The van der Waals surface area contributed by atoms with Gasteiger partial charge in [-0.2, -0.15) is 0 Å². The number of amides is 3. The number of hydrogen-bond donors (Lipinski definition) is 2. The van der Waals surface area contributed by atoms with Gasteiger partial charge in [0.25, 0.3) is 0 Å². The van der Waals surface area contributed by atoms with Gasteiger partial charge in [-0.3, -0.25) is 4.79 Å². The predicted octanol–water partition coefficient (Wildman–Crippen LogP) is 1.49. The van der Waals surface area contributed by atoms with Gasteiger partial charge in [0.05, 0.1) is 6.10 Å². The molecule has 0 fully saturated rings. The zero-order valence-electron chi connectivity index (χ0n) is 12.8. The third-order valence-corrected chi connectivity index (χ3v) is 3.06. The van der Waals surface area contributed by atoms with Crippen molar-refractivity contribution in [3.8, 4) is 5.75 Å². The molecule has 1 aromatic rings. The Morgan fingerprint density at radius 2 is 2.14 bits per heavy atom. The van der Waals surface area contributed by atoms with E-state index in [0.717, 1.165) is 22.6 Å². The number of nitrogens with one attached hydrogen (secondary N) is 1. The average Bonchev–Trinajstić information content (AvgIpc) is 2.45. The predicted molar refractivity (Wildman–Crippen MR) is 80.9 cm³/mol. The van der Waals surface area contributed by atoms with Crippen molar-refractivity contribution in [1.29, 1.82) is 0 Å². The summed E-state index contributed by atoms with van der Waals surface area (Å²) in [5.74, 6) is 0.523. The van der Waals surface area contributed by atoms with Crippen molar-refractivity contribution in [2.75, 3.05) is 13.6 Å². The van der Waals surface area contributed by atoms with E-state index >= 15 is 0 Å². The molecule has 1 atom stereocenters. The molecule has 3 N–H and O–H groups in total. The van der Waals surface area contributed by atoms with Gasteiger partial charge in [0, 0.05) is 13.6 Å². The molecule has 116 valence electrons. The summed E-state index contributed by atoms with van der Waals surface area (Å²) in [4.78, 5) is 23.6. The number of nitrogens with two attached hydrogens (primary N) is 1. The van der Waals surface area contributed by atoms with Crippen LogP contribution in [-0.4, -0.2) is 36.5 Å². The molecule has 1 unspecified atom stereocenters. The lowest BCUT2D eigenvalue weighted by Gasteiger charge is -2.15. The topological polar surface area (TPSA) is 84.7 Å². The molecule has 0 heterocycles. The smallest absolute Gasteiger partial charge is 0.314 e. The Morgan fingerprint density at radius 1 is 1.43 bits per heavy atom. The molecule has 0 bridgehead atoms. The Balaban J connectivity index is 2.50. The fourth-order valence-electron chi connectivity index (χ4n) is 1.59. The van der Waals surface area contributed by atoms with Crippen molar-refractivity contribution in [3.63, 3.8) is 0 Å². The third kappa shape index (κ3) is 6.16. The second-order valence-corrected chi connectivity index (χ2v) is 4.96. The highest BCUT2D eigenvalue weighted by molar-refractivity contribution is 5.83. The lowest BCUT2D eigenvalue weighted by atomic mass is 10.2. The maximum atomic E-state index is 11.6. The van der Waals surface area contributed by atoms with Crippen LogP contribution in [0, 0.1) is 0 Å². The van der Waals surface area contributed by atoms with Crippen LogP contribution in [0.15, 0.2) is 24.3 Å². The number of urea groups is 1. The molecule has 0 spiro atoms. The normalized spacial score (nSPS) is 11.6. The van der Waals surface area contributed by atoms with Crippen LogP contribution in [0.25, 0.3) is 0 Å². The highest BCUT2D eigenvalue weighted by Gasteiger charge is 2.09. The van der Waals surface area contributed by atoms with Crippen LogP contribution < -0.4 is 15.8 Å². The summed E-state index contributed by atoms with van der Waals surface area (Å²) in [6.07, 6.45) is 1.08. The molecule has 1 rings (SSSR count). The largest absolute Gasteiger partial charge is 0.491 e. The molecule has 6 nitrogen and oxygen atoms in total. The molecule has 0 aromatic heterocycles. The number of ether oxygens (including phenoxy) is 1. The second kappa shape index (κ2) is 8.14. The molecule has 3 amide bonds. The summed E-state index contributed by atoms with van der Waals surface area (Å²) in [6, 6.07) is 6.94. The fraction of sp³-hybridized carbons (Fsp3) is 0.467. The van der Waals surface area contributed by atoms with Crippen molar-refractivity contribution >= 4 is 11.9 Å². The number of carbonyl (C=O) groups excluding carboxylic acids is 2. The molecule has 21 heavy (non-hydrogen) atoms. The van der Waals surface area contributed by atoms with E-state index in [1.165, 1.54) is 7.05 Å². The summed E-state index contributed by atoms with van der Waals surface area (Å²) in [5.41, 5.74) is 6.00. The molecule has 1 aromatic carbocycles. The van der Waals surface area contributed by atoms with Crippen molar-refractivity contribution in [3.05, 3.63) is 29.8 Å². The number of hydrogen-bond acceptors (Lipinski definition) is 3. The van der Waals surface area contributed by atoms with E-state index in [9.17, 15) is 9.59 Å². The van der Waals surface area contributed by atoms with E-state index in [1.807, 2.05) is 31.2 Å². The zero-order chi connectivity index (χ0) is 15.8. The number of primary amides is 1. The lowest BCUT2D eigenvalue weighted by molar-refractivity contribution is -0.121. The van der Waals surface area contributed by atoms with E-state index in [1.54, 1.807) is 0 Å². The first-order valence-corrected chi connectivity index (χ1v) is 6.95. The van der Waals surface area contributed by atoms with Crippen LogP contribution in [0.2, 0.25) is 0 Å². The van der Waals surface area contributed by atoms with Gasteiger partial charge in [-0.25, -0.2) is 4.79 Å². The summed E-state index contributed by atoms with van der Waals surface area (Å²) >= 11 is 0. The lowest BCUT2D eigenvalue weighted by Crippen LogP contribution is -2.40. The molecule has 0 saturated heterocycles. The van der Waals surface area contributed by atoms with Gasteiger partial charge >= 0.3 is 6.03 Å². The summed E-state index contributed by atoms with van der Waals surface area (Å²) in [6.45, 7) is 4.39. The molecule has 6 heteroatoms. The van der Waals surface area contributed by atoms with Gasteiger partial charge < -0.3 is 20.7 Å². The van der Waals surface area contributed by atoms with Gasteiger partial charge in [-0.15, -0.1) is 0 Å². The Morgan fingerprint density at radius 3 is 2.76 bits per heavy atom. The Kier molecular flexibility index (Phi) is 6.52. The Bertz CT molecular complexity index is 491. The van der Waals surface area contributed by atoms with Crippen molar-refractivity contribution in [2.24, 2.45) is 5.73 Å². The van der Waals surface area contributed by atoms with E-state index < -0.39 is 6.03 Å².